The van der Waals surface area contributed by atoms with Crippen molar-refractivity contribution < 1.29 is 18.3 Å². The summed E-state index contributed by atoms with van der Waals surface area (Å²) < 4.78 is 39.1. The first-order chi connectivity index (χ1) is 11.5. The SMILES string of the molecule is CC(F)(F)c1ccc(Cn2cc(COC3CCCCO3)nn2)nc1. The molecule has 3 rings (SSSR count). The normalized spacial score (nSPS) is 18.7. The molecule has 24 heavy (non-hydrogen) atoms. The zero-order valence-electron chi connectivity index (χ0n) is 13.5. The molecule has 3 heterocycles. The lowest BCUT2D eigenvalue weighted by atomic mass is 10.1. The van der Waals surface area contributed by atoms with Gasteiger partial charge in [-0.05, 0) is 31.4 Å². The monoisotopic (exact) mass is 338 g/mol. The lowest BCUT2D eigenvalue weighted by Crippen LogP contribution is -2.22. The van der Waals surface area contributed by atoms with Crippen molar-refractivity contribution in [3.8, 4) is 0 Å². The number of hydrogen-bond donors (Lipinski definition) is 0. The largest absolute Gasteiger partial charge is 0.353 e. The van der Waals surface area contributed by atoms with Crippen LogP contribution in [-0.4, -0.2) is 32.9 Å². The van der Waals surface area contributed by atoms with Crippen molar-refractivity contribution in [1.82, 2.24) is 20.0 Å². The van der Waals surface area contributed by atoms with Gasteiger partial charge in [-0.3, -0.25) is 4.98 Å². The molecule has 0 amide bonds. The van der Waals surface area contributed by atoms with Gasteiger partial charge in [0.2, 0.25) is 0 Å². The van der Waals surface area contributed by atoms with E-state index in [9.17, 15) is 8.78 Å². The van der Waals surface area contributed by atoms with E-state index < -0.39 is 5.92 Å². The molecule has 1 unspecified atom stereocenters. The van der Waals surface area contributed by atoms with Crippen molar-refractivity contribution in [2.24, 2.45) is 0 Å². The molecule has 1 aliphatic heterocycles. The van der Waals surface area contributed by atoms with Crippen LogP contribution < -0.4 is 0 Å². The number of hydrogen-bond acceptors (Lipinski definition) is 5. The summed E-state index contributed by atoms with van der Waals surface area (Å²) in [5.41, 5.74) is 1.23. The molecule has 0 saturated carbocycles. The minimum absolute atomic E-state index is 0.105. The van der Waals surface area contributed by atoms with Crippen molar-refractivity contribution in [2.45, 2.75) is 51.6 Å². The van der Waals surface area contributed by atoms with Crippen LogP contribution in [-0.2, 0) is 28.5 Å². The average Bonchev–Trinajstić information content (AvgIpc) is 3.01. The lowest BCUT2D eigenvalue weighted by Gasteiger charge is -2.22. The molecule has 6 nitrogen and oxygen atoms in total. The van der Waals surface area contributed by atoms with E-state index in [0.717, 1.165) is 32.8 Å². The standard InChI is InChI=1S/C16H20F2N4O2/c1-16(17,18)12-5-6-13(19-8-12)9-22-10-14(20-21-22)11-24-15-4-2-3-7-23-15/h5-6,8,10,15H,2-4,7,9,11H2,1H3. The van der Waals surface area contributed by atoms with Gasteiger partial charge in [0.05, 0.1) is 25.0 Å². The van der Waals surface area contributed by atoms with Crippen molar-refractivity contribution in [3.63, 3.8) is 0 Å². The maximum absolute atomic E-state index is 13.2. The van der Waals surface area contributed by atoms with Gasteiger partial charge in [-0.1, -0.05) is 5.21 Å². The molecule has 2 aromatic heterocycles. The fourth-order valence-corrected chi connectivity index (χ4v) is 2.45. The van der Waals surface area contributed by atoms with Gasteiger partial charge < -0.3 is 9.47 Å². The van der Waals surface area contributed by atoms with Crippen LogP contribution in [0.1, 0.15) is 43.1 Å². The third-order valence-electron chi connectivity index (χ3n) is 3.80. The highest BCUT2D eigenvalue weighted by Gasteiger charge is 2.24. The third-order valence-corrected chi connectivity index (χ3v) is 3.80. The summed E-state index contributed by atoms with van der Waals surface area (Å²) >= 11 is 0. The molecule has 1 atom stereocenters. The van der Waals surface area contributed by atoms with Gasteiger partial charge >= 0.3 is 0 Å². The Morgan fingerprint density at radius 2 is 2.21 bits per heavy atom. The van der Waals surface area contributed by atoms with Gasteiger partial charge in [0, 0.05) is 25.3 Å². The van der Waals surface area contributed by atoms with Gasteiger partial charge in [0.1, 0.15) is 5.69 Å². The Hall–Kier alpha value is -1.93. The number of halogens is 2. The number of aromatic nitrogens is 4. The summed E-state index contributed by atoms with van der Waals surface area (Å²) in [5.74, 6) is -2.88. The van der Waals surface area contributed by atoms with Gasteiger partial charge in [0.15, 0.2) is 6.29 Å². The number of pyridine rings is 1. The van der Waals surface area contributed by atoms with E-state index in [-0.39, 0.29) is 11.9 Å². The second-order valence-electron chi connectivity index (χ2n) is 5.94. The first kappa shape index (κ1) is 16.9. The van der Waals surface area contributed by atoms with Crippen molar-refractivity contribution in [3.05, 3.63) is 41.5 Å². The highest BCUT2D eigenvalue weighted by Crippen LogP contribution is 2.25. The quantitative estimate of drug-likeness (QED) is 0.810. The molecular weight excluding hydrogens is 318 g/mol. The minimum Gasteiger partial charge on any atom is -0.353 e. The predicted octanol–water partition coefficient (Wildman–Crippen LogP) is 2.88. The van der Waals surface area contributed by atoms with Crippen molar-refractivity contribution >= 4 is 0 Å². The maximum Gasteiger partial charge on any atom is 0.272 e. The Bertz CT molecular complexity index is 649. The van der Waals surface area contributed by atoms with Gasteiger partial charge in [-0.2, -0.15) is 0 Å². The molecular formula is C16H20F2N4O2. The van der Waals surface area contributed by atoms with Crippen LogP contribution >= 0.6 is 0 Å². The molecule has 8 heteroatoms. The molecule has 1 aliphatic rings. The van der Waals surface area contributed by atoms with Crippen molar-refractivity contribution in [1.29, 1.82) is 0 Å². The molecule has 0 N–H and O–H groups in total. The Morgan fingerprint density at radius 1 is 1.33 bits per heavy atom. The molecule has 0 bridgehead atoms. The number of nitrogens with zero attached hydrogens (tertiary/aromatic N) is 4. The summed E-state index contributed by atoms with van der Waals surface area (Å²) in [5, 5.41) is 8.04. The Kier molecular flexibility index (Phi) is 5.15. The van der Waals surface area contributed by atoms with E-state index in [1.54, 1.807) is 16.9 Å². The Labute approximate surface area is 138 Å². The summed E-state index contributed by atoms with van der Waals surface area (Å²) in [6.45, 7) is 2.28. The molecule has 2 aromatic rings. The highest BCUT2D eigenvalue weighted by molar-refractivity contribution is 5.18. The van der Waals surface area contributed by atoms with Gasteiger partial charge in [-0.25, -0.2) is 13.5 Å². The molecule has 0 aromatic carbocycles. The Morgan fingerprint density at radius 3 is 2.88 bits per heavy atom. The van der Waals surface area contributed by atoms with Gasteiger partial charge in [0.25, 0.3) is 5.92 Å². The van der Waals surface area contributed by atoms with Crippen LogP contribution in [0.5, 0.6) is 0 Å². The predicted molar refractivity (Wildman–Crippen MR) is 81.3 cm³/mol. The number of ether oxygens (including phenoxy) is 2. The average molecular weight is 338 g/mol. The smallest absolute Gasteiger partial charge is 0.272 e. The summed E-state index contributed by atoms with van der Waals surface area (Å²) in [7, 11) is 0. The number of alkyl halides is 2. The van der Waals surface area contributed by atoms with E-state index in [1.165, 1.54) is 12.3 Å². The van der Waals surface area contributed by atoms with Crippen LogP contribution in [0, 0.1) is 0 Å². The Balaban J connectivity index is 1.53. The van der Waals surface area contributed by atoms with Crippen molar-refractivity contribution in [2.75, 3.05) is 6.61 Å². The molecule has 0 aliphatic carbocycles. The first-order valence-corrected chi connectivity index (χ1v) is 7.96. The van der Waals surface area contributed by atoms with E-state index in [1.807, 2.05) is 0 Å². The zero-order valence-corrected chi connectivity index (χ0v) is 13.5. The minimum atomic E-state index is -2.88. The molecule has 130 valence electrons. The van der Waals surface area contributed by atoms with Crippen LogP contribution in [0.25, 0.3) is 0 Å². The lowest BCUT2D eigenvalue weighted by molar-refractivity contribution is -0.169. The van der Waals surface area contributed by atoms with Gasteiger partial charge in [-0.15, -0.1) is 5.10 Å². The van der Waals surface area contributed by atoms with E-state index >= 15 is 0 Å². The molecule has 1 fully saturated rings. The van der Waals surface area contributed by atoms with E-state index in [4.69, 9.17) is 9.47 Å². The second-order valence-corrected chi connectivity index (χ2v) is 5.94. The van der Waals surface area contributed by atoms with Crippen LogP contribution in [0.3, 0.4) is 0 Å². The molecule has 0 radical (unpaired) electrons. The topological polar surface area (TPSA) is 62.1 Å². The number of rotatable bonds is 6. The fraction of sp³-hybridized carbons (Fsp3) is 0.562. The zero-order chi connectivity index (χ0) is 17.0. The third kappa shape index (κ3) is 4.55. The van der Waals surface area contributed by atoms with Crippen LogP contribution in [0.2, 0.25) is 0 Å². The summed E-state index contributed by atoms with van der Waals surface area (Å²) in [6, 6.07) is 2.95. The second kappa shape index (κ2) is 7.31. The summed E-state index contributed by atoms with van der Waals surface area (Å²) in [4.78, 5) is 4.05. The molecule has 0 spiro atoms. The molecule has 1 saturated heterocycles. The maximum atomic E-state index is 13.2. The first-order valence-electron chi connectivity index (χ1n) is 7.96. The fourth-order valence-electron chi connectivity index (χ4n) is 2.45. The summed E-state index contributed by atoms with van der Waals surface area (Å²) in [6.07, 6.45) is 5.85. The van der Waals surface area contributed by atoms with E-state index in [0.29, 0.717) is 24.5 Å². The highest BCUT2D eigenvalue weighted by atomic mass is 19.3. The van der Waals surface area contributed by atoms with E-state index in [2.05, 4.69) is 15.3 Å². The van der Waals surface area contributed by atoms with Crippen LogP contribution in [0.15, 0.2) is 24.5 Å². The van der Waals surface area contributed by atoms with Crippen LogP contribution in [0.4, 0.5) is 8.78 Å².